The Morgan fingerprint density at radius 2 is 1.54 bits per heavy atom. The zero-order valence-electron chi connectivity index (χ0n) is 15.0. The SMILES string of the molecule is COc1ccc(S(=O)(=O)NC(C)C2=CC(=O)c3c(O)ccc(O)c3C2=O)cc1. The Balaban J connectivity index is 1.92. The van der Waals surface area contributed by atoms with Gasteiger partial charge >= 0.3 is 0 Å². The Hall–Kier alpha value is -3.17. The highest BCUT2D eigenvalue weighted by Gasteiger charge is 2.34. The maximum absolute atomic E-state index is 12.7. The van der Waals surface area contributed by atoms with Crippen LogP contribution in [0.5, 0.6) is 17.2 Å². The standard InChI is InChI=1S/C19H17NO7S/c1-10(20-28(25,26)12-5-3-11(27-2)4-6-12)13-9-16(23)17-14(21)7-8-15(22)18(17)19(13)24/h3-10,20-22H,1-2H3. The minimum Gasteiger partial charge on any atom is -0.507 e. The van der Waals surface area contributed by atoms with Gasteiger partial charge in [-0.2, -0.15) is 0 Å². The fraction of sp³-hybridized carbons (Fsp3) is 0.158. The summed E-state index contributed by atoms with van der Waals surface area (Å²) in [5.41, 5.74) is -0.799. The lowest BCUT2D eigenvalue weighted by Gasteiger charge is -2.22. The van der Waals surface area contributed by atoms with E-state index in [1.165, 1.54) is 38.3 Å². The molecule has 1 aliphatic rings. The van der Waals surface area contributed by atoms with Crippen molar-refractivity contribution >= 4 is 21.6 Å². The monoisotopic (exact) mass is 403 g/mol. The number of phenolic OH excluding ortho intramolecular Hbond substituents is 2. The number of ether oxygens (including phenoxy) is 1. The minimum absolute atomic E-state index is 0.0452. The van der Waals surface area contributed by atoms with Crippen LogP contribution in [-0.4, -0.2) is 43.3 Å². The van der Waals surface area contributed by atoms with Gasteiger partial charge in [0.1, 0.15) is 17.2 Å². The van der Waals surface area contributed by atoms with Crippen LogP contribution in [0.2, 0.25) is 0 Å². The van der Waals surface area contributed by atoms with E-state index in [1.807, 2.05) is 0 Å². The van der Waals surface area contributed by atoms with Gasteiger partial charge in [0.05, 0.1) is 23.1 Å². The fourth-order valence-electron chi connectivity index (χ4n) is 2.92. The van der Waals surface area contributed by atoms with Crippen LogP contribution in [-0.2, 0) is 10.0 Å². The number of phenols is 2. The molecule has 9 heteroatoms. The number of carbonyl (C=O) groups excluding carboxylic acids is 2. The molecule has 0 bridgehead atoms. The summed E-state index contributed by atoms with van der Waals surface area (Å²) in [4.78, 5) is 25.0. The molecule has 2 aromatic carbocycles. The van der Waals surface area contributed by atoms with E-state index >= 15 is 0 Å². The van der Waals surface area contributed by atoms with Gasteiger partial charge in [-0.05, 0) is 49.4 Å². The summed E-state index contributed by atoms with van der Waals surface area (Å²) in [6.07, 6.45) is 0.963. The molecule has 0 amide bonds. The van der Waals surface area contributed by atoms with Crippen molar-refractivity contribution in [3.05, 3.63) is 59.2 Å². The molecular weight excluding hydrogens is 386 g/mol. The second-order valence-corrected chi connectivity index (χ2v) is 7.88. The summed E-state index contributed by atoms with van der Waals surface area (Å²) >= 11 is 0. The first-order valence-electron chi connectivity index (χ1n) is 8.17. The first-order chi connectivity index (χ1) is 13.2. The summed E-state index contributed by atoms with van der Waals surface area (Å²) in [6.45, 7) is 1.41. The van der Waals surface area contributed by atoms with Gasteiger partial charge < -0.3 is 14.9 Å². The maximum Gasteiger partial charge on any atom is 0.241 e. The second-order valence-electron chi connectivity index (χ2n) is 6.17. The molecule has 3 N–H and O–H groups in total. The van der Waals surface area contributed by atoms with Crippen LogP contribution >= 0.6 is 0 Å². The molecule has 8 nitrogen and oxygen atoms in total. The number of allylic oxidation sites excluding steroid dienone is 1. The predicted molar refractivity (Wildman–Crippen MR) is 99.3 cm³/mol. The van der Waals surface area contributed by atoms with E-state index in [4.69, 9.17) is 4.74 Å². The molecule has 0 aromatic heterocycles. The van der Waals surface area contributed by atoms with Crippen LogP contribution in [0.25, 0.3) is 0 Å². The number of hydrogen-bond acceptors (Lipinski definition) is 7. The van der Waals surface area contributed by atoms with Crippen molar-refractivity contribution in [3.8, 4) is 17.2 Å². The Morgan fingerprint density at radius 1 is 0.964 bits per heavy atom. The topological polar surface area (TPSA) is 130 Å². The molecule has 1 atom stereocenters. The number of carbonyl (C=O) groups is 2. The number of ketones is 2. The van der Waals surface area contributed by atoms with Crippen molar-refractivity contribution in [2.75, 3.05) is 7.11 Å². The van der Waals surface area contributed by atoms with Crippen LogP contribution in [0.1, 0.15) is 27.6 Å². The van der Waals surface area contributed by atoms with Crippen LogP contribution < -0.4 is 9.46 Å². The highest BCUT2D eigenvalue weighted by molar-refractivity contribution is 7.89. The zero-order valence-corrected chi connectivity index (χ0v) is 15.8. The highest BCUT2D eigenvalue weighted by atomic mass is 32.2. The second kappa shape index (κ2) is 7.10. The smallest absolute Gasteiger partial charge is 0.241 e. The molecule has 0 aliphatic heterocycles. The number of Topliss-reactive ketones (excluding diaryl/α,β-unsaturated/α-hetero) is 1. The van der Waals surface area contributed by atoms with E-state index in [-0.39, 0.29) is 21.6 Å². The molecule has 0 radical (unpaired) electrons. The van der Waals surface area contributed by atoms with E-state index in [0.717, 1.165) is 18.2 Å². The molecule has 1 unspecified atom stereocenters. The van der Waals surface area contributed by atoms with Gasteiger partial charge in [0.15, 0.2) is 11.6 Å². The Morgan fingerprint density at radius 3 is 2.11 bits per heavy atom. The number of nitrogens with one attached hydrogen (secondary N) is 1. The van der Waals surface area contributed by atoms with Gasteiger partial charge in [0.2, 0.25) is 10.0 Å². The van der Waals surface area contributed by atoms with E-state index in [1.54, 1.807) is 0 Å². The van der Waals surface area contributed by atoms with Gasteiger partial charge in [-0.1, -0.05) is 0 Å². The van der Waals surface area contributed by atoms with Gasteiger partial charge in [-0.25, -0.2) is 13.1 Å². The average Bonchev–Trinajstić information content (AvgIpc) is 2.66. The zero-order chi connectivity index (χ0) is 20.6. The van der Waals surface area contributed by atoms with E-state index < -0.39 is 39.1 Å². The lowest BCUT2D eigenvalue weighted by Crippen LogP contribution is -2.37. The number of methoxy groups -OCH3 is 1. The third kappa shape index (κ3) is 3.37. The molecule has 3 rings (SSSR count). The Labute approximate surface area is 161 Å². The summed E-state index contributed by atoms with van der Waals surface area (Å²) in [7, 11) is -2.54. The molecule has 0 heterocycles. The summed E-state index contributed by atoms with van der Waals surface area (Å²) in [5, 5.41) is 19.8. The van der Waals surface area contributed by atoms with Crippen LogP contribution in [0.4, 0.5) is 0 Å². The fourth-order valence-corrected chi connectivity index (χ4v) is 4.15. The van der Waals surface area contributed by atoms with Gasteiger partial charge in [-0.3, -0.25) is 9.59 Å². The van der Waals surface area contributed by atoms with Crippen LogP contribution in [0, 0.1) is 0 Å². The number of hydrogen-bond donors (Lipinski definition) is 3. The molecule has 146 valence electrons. The minimum atomic E-state index is -3.99. The van der Waals surface area contributed by atoms with E-state index in [2.05, 4.69) is 4.72 Å². The highest BCUT2D eigenvalue weighted by Crippen LogP contribution is 2.35. The number of sulfonamides is 1. The molecule has 0 saturated heterocycles. The molecule has 0 spiro atoms. The third-order valence-electron chi connectivity index (χ3n) is 4.35. The summed E-state index contributed by atoms with van der Waals surface area (Å²) < 4.78 is 32.5. The summed E-state index contributed by atoms with van der Waals surface area (Å²) in [6, 6.07) is 6.78. The van der Waals surface area contributed by atoms with Gasteiger partial charge in [0.25, 0.3) is 0 Å². The van der Waals surface area contributed by atoms with Crippen LogP contribution in [0.3, 0.4) is 0 Å². The first kappa shape index (κ1) is 19.6. The molecule has 0 saturated carbocycles. The number of fused-ring (bicyclic) bond motifs is 1. The molecule has 1 aliphatic carbocycles. The largest absolute Gasteiger partial charge is 0.507 e. The lowest BCUT2D eigenvalue weighted by molar-refractivity contribution is 0.0974. The van der Waals surface area contributed by atoms with Crippen molar-refractivity contribution in [2.45, 2.75) is 17.9 Å². The van der Waals surface area contributed by atoms with Crippen molar-refractivity contribution in [3.63, 3.8) is 0 Å². The Bertz CT molecular complexity index is 1100. The maximum atomic E-state index is 12.7. The van der Waals surface area contributed by atoms with E-state index in [9.17, 15) is 28.2 Å². The van der Waals surface area contributed by atoms with Crippen molar-refractivity contribution in [1.82, 2.24) is 4.72 Å². The lowest BCUT2D eigenvalue weighted by atomic mass is 9.86. The first-order valence-corrected chi connectivity index (χ1v) is 9.66. The van der Waals surface area contributed by atoms with Crippen LogP contribution in [0.15, 0.2) is 52.9 Å². The van der Waals surface area contributed by atoms with Crippen molar-refractivity contribution in [2.24, 2.45) is 0 Å². The van der Waals surface area contributed by atoms with Crippen molar-refractivity contribution in [1.29, 1.82) is 0 Å². The molecule has 2 aromatic rings. The quantitative estimate of drug-likeness (QED) is 0.649. The van der Waals surface area contributed by atoms with Crippen molar-refractivity contribution < 1.29 is 33.0 Å². The third-order valence-corrected chi connectivity index (χ3v) is 5.91. The van der Waals surface area contributed by atoms with Gasteiger partial charge in [0, 0.05) is 11.6 Å². The normalized spacial score (nSPS) is 15.0. The van der Waals surface area contributed by atoms with E-state index in [0.29, 0.717) is 5.75 Å². The number of aromatic hydroxyl groups is 2. The molecular formula is C19H17NO7S. The predicted octanol–water partition coefficient (Wildman–Crippen LogP) is 1.78. The molecule has 0 fully saturated rings. The van der Waals surface area contributed by atoms with Gasteiger partial charge in [-0.15, -0.1) is 0 Å². The average molecular weight is 403 g/mol. The molecule has 28 heavy (non-hydrogen) atoms. The summed E-state index contributed by atoms with van der Waals surface area (Å²) in [5.74, 6) is -1.87. The number of benzene rings is 2. The Kier molecular flexibility index (Phi) is 4.97. The number of rotatable bonds is 5.